The molecule has 1 aromatic carbocycles. The molecular formula is C14H19BrFNO2. The number of rotatable bonds is 5. The van der Waals surface area contributed by atoms with Gasteiger partial charge in [-0.05, 0) is 24.1 Å². The number of likely N-dealkylation sites (N-methyl/N-ethyl adjacent to an activating group) is 1. The Balaban J connectivity index is 2.76. The van der Waals surface area contributed by atoms with Crippen LogP contribution in [0.15, 0.2) is 22.7 Å². The summed E-state index contributed by atoms with van der Waals surface area (Å²) >= 11 is 3.27. The number of benzene rings is 1. The van der Waals surface area contributed by atoms with Gasteiger partial charge in [-0.3, -0.25) is 4.79 Å². The smallest absolute Gasteiger partial charge is 0.251 e. The van der Waals surface area contributed by atoms with Gasteiger partial charge in [-0.1, -0.05) is 36.2 Å². The van der Waals surface area contributed by atoms with E-state index in [9.17, 15) is 14.3 Å². The summed E-state index contributed by atoms with van der Waals surface area (Å²) in [6.45, 7) is 3.86. The maximum atomic E-state index is 13.6. The summed E-state index contributed by atoms with van der Waals surface area (Å²) in [7, 11) is 1.56. The first-order valence-electron chi connectivity index (χ1n) is 6.23. The zero-order valence-corrected chi connectivity index (χ0v) is 12.9. The number of aliphatic hydroxyl groups excluding tert-OH is 1. The van der Waals surface area contributed by atoms with Crippen molar-refractivity contribution >= 4 is 21.8 Å². The molecule has 0 saturated carbocycles. The molecule has 1 rings (SSSR count). The number of amides is 1. The summed E-state index contributed by atoms with van der Waals surface area (Å²) in [5.74, 6) is -0.850. The fourth-order valence-electron chi connectivity index (χ4n) is 1.69. The minimum atomic E-state index is -1.04. The van der Waals surface area contributed by atoms with Gasteiger partial charge in [0.1, 0.15) is 11.9 Å². The number of halogens is 2. The van der Waals surface area contributed by atoms with Crippen LogP contribution in [0.3, 0.4) is 0 Å². The predicted octanol–water partition coefficient (Wildman–Crippen LogP) is 2.95. The molecule has 0 unspecified atom stereocenters. The zero-order chi connectivity index (χ0) is 14.6. The molecule has 0 aliphatic carbocycles. The van der Waals surface area contributed by atoms with Gasteiger partial charge in [-0.25, -0.2) is 4.39 Å². The van der Waals surface area contributed by atoms with E-state index in [1.807, 2.05) is 13.8 Å². The van der Waals surface area contributed by atoms with Gasteiger partial charge in [-0.2, -0.15) is 0 Å². The second-order valence-corrected chi connectivity index (χ2v) is 5.68. The second kappa shape index (κ2) is 7.01. The van der Waals surface area contributed by atoms with Crippen molar-refractivity contribution in [3.8, 4) is 0 Å². The molecule has 0 aliphatic rings. The molecule has 3 nitrogen and oxygen atoms in total. The predicted molar refractivity (Wildman–Crippen MR) is 76.0 cm³/mol. The lowest BCUT2D eigenvalue weighted by Gasteiger charge is -2.24. The van der Waals surface area contributed by atoms with Crippen LogP contribution in [0.2, 0.25) is 0 Å². The number of hydrogen-bond donors (Lipinski definition) is 1. The van der Waals surface area contributed by atoms with E-state index >= 15 is 0 Å². The Kier molecular flexibility index (Phi) is 5.94. The van der Waals surface area contributed by atoms with Crippen molar-refractivity contribution in [1.29, 1.82) is 0 Å². The SMILES string of the molecule is CC[C@H](C)[C@H](O)C(=O)N(C)Cc1cc(Br)ccc1F. The zero-order valence-electron chi connectivity index (χ0n) is 11.4. The molecule has 0 radical (unpaired) electrons. The second-order valence-electron chi connectivity index (χ2n) is 4.76. The van der Waals surface area contributed by atoms with Gasteiger partial charge in [-0.15, -0.1) is 0 Å². The summed E-state index contributed by atoms with van der Waals surface area (Å²) in [6, 6.07) is 4.59. The number of carbonyl (C=O) groups is 1. The van der Waals surface area contributed by atoms with E-state index in [0.29, 0.717) is 12.0 Å². The summed E-state index contributed by atoms with van der Waals surface area (Å²) in [4.78, 5) is 13.3. The van der Waals surface area contributed by atoms with Gasteiger partial charge < -0.3 is 10.0 Å². The molecule has 5 heteroatoms. The molecule has 1 N–H and O–H groups in total. The van der Waals surface area contributed by atoms with Gasteiger partial charge >= 0.3 is 0 Å². The fraction of sp³-hybridized carbons (Fsp3) is 0.500. The van der Waals surface area contributed by atoms with Crippen LogP contribution in [0, 0.1) is 11.7 Å². The molecule has 0 fully saturated rings. The maximum Gasteiger partial charge on any atom is 0.251 e. The number of hydrogen-bond acceptors (Lipinski definition) is 2. The van der Waals surface area contributed by atoms with Gasteiger partial charge in [0.15, 0.2) is 0 Å². The summed E-state index contributed by atoms with van der Waals surface area (Å²) in [5.41, 5.74) is 0.418. The van der Waals surface area contributed by atoms with E-state index < -0.39 is 6.10 Å². The molecule has 2 atom stereocenters. The monoisotopic (exact) mass is 331 g/mol. The highest BCUT2D eigenvalue weighted by Gasteiger charge is 2.24. The average Bonchev–Trinajstić information content (AvgIpc) is 2.40. The Bertz CT molecular complexity index is 453. The summed E-state index contributed by atoms with van der Waals surface area (Å²) in [5, 5.41) is 9.86. The van der Waals surface area contributed by atoms with Crippen molar-refractivity contribution < 1.29 is 14.3 Å². The lowest BCUT2D eigenvalue weighted by atomic mass is 10.0. The quantitative estimate of drug-likeness (QED) is 0.901. The lowest BCUT2D eigenvalue weighted by molar-refractivity contribution is -0.142. The Morgan fingerprint density at radius 2 is 2.16 bits per heavy atom. The van der Waals surface area contributed by atoms with Crippen molar-refractivity contribution in [3.63, 3.8) is 0 Å². The third kappa shape index (κ3) is 4.28. The molecule has 0 bridgehead atoms. The van der Waals surface area contributed by atoms with Gasteiger partial charge in [0.25, 0.3) is 5.91 Å². The van der Waals surface area contributed by atoms with Gasteiger partial charge in [0.2, 0.25) is 0 Å². The number of nitrogens with zero attached hydrogens (tertiary/aromatic N) is 1. The van der Waals surface area contributed by atoms with E-state index in [2.05, 4.69) is 15.9 Å². The van der Waals surface area contributed by atoms with Gasteiger partial charge in [0, 0.05) is 23.6 Å². The van der Waals surface area contributed by atoms with E-state index in [1.165, 1.54) is 11.0 Å². The van der Waals surface area contributed by atoms with Crippen LogP contribution >= 0.6 is 15.9 Å². The molecule has 0 aromatic heterocycles. The molecule has 0 heterocycles. The lowest BCUT2D eigenvalue weighted by Crippen LogP contribution is -2.39. The highest BCUT2D eigenvalue weighted by Crippen LogP contribution is 2.18. The van der Waals surface area contributed by atoms with E-state index in [4.69, 9.17) is 0 Å². The van der Waals surface area contributed by atoms with Crippen LogP contribution in [-0.4, -0.2) is 29.1 Å². The highest BCUT2D eigenvalue weighted by atomic mass is 79.9. The van der Waals surface area contributed by atoms with E-state index in [-0.39, 0.29) is 24.2 Å². The third-order valence-corrected chi connectivity index (χ3v) is 3.72. The Hall–Kier alpha value is -0.940. The van der Waals surface area contributed by atoms with Crippen molar-refractivity contribution in [2.45, 2.75) is 32.9 Å². The standard InChI is InChI=1S/C14H19BrFNO2/c1-4-9(2)13(18)14(19)17(3)8-10-7-11(15)5-6-12(10)16/h5-7,9,13,18H,4,8H2,1-3H3/t9-,13-/m0/s1. The first kappa shape index (κ1) is 16.1. The minimum Gasteiger partial charge on any atom is -0.383 e. The average molecular weight is 332 g/mol. The van der Waals surface area contributed by atoms with Crippen LogP contribution in [-0.2, 0) is 11.3 Å². The summed E-state index contributed by atoms with van der Waals surface area (Å²) in [6.07, 6.45) is -0.323. The van der Waals surface area contributed by atoms with E-state index in [1.54, 1.807) is 19.2 Å². The van der Waals surface area contributed by atoms with Crippen molar-refractivity contribution in [3.05, 3.63) is 34.1 Å². The molecular weight excluding hydrogens is 313 g/mol. The molecule has 1 amide bonds. The van der Waals surface area contributed by atoms with Crippen LogP contribution in [0.5, 0.6) is 0 Å². The number of aliphatic hydroxyl groups is 1. The fourth-order valence-corrected chi connectivity index (χ4v) is 2.10. The molecule has 0 spiro atoms. The van der Waals surface area contributed by atoms with E-state index in [0.717, 1.165) is 4.47 Å². The van der Waals surface area contributed by atoms with Gasteiger partial charge in [0.05, 0.1) is 0 Å². The first-order chi connectivity index (χ1) is 8.86. The molecule has 19 heavy (non-hydrogen) atoms. The molecule has 0 saturated heterocycles. The van der Waals surface area contributed by atoms with Crippen LogP contribution in [0.25, 0.3) is 0 Å². The van der Waals surface area contributed by atoms with Crippen LogP contribution < -0.4 is 0 Å². The maximum absolute atomic E-state index is 13.6. The highest BCUT2D eigenvalue weighted by molar-refractivity contribution is 9.10. The Morgan fingerprint density at radius 3 is 2.74 bits per heavy atom. The topological polar surface area (TPSA) is 40.5 Å². The first-order valence-corrected chi connectivity index (χ1v) is 7.03. The van der Waals surface area contributed by atoms with Crippen molar-refractivity contribution in [1.82, 2.24) is 4.90 Å². The van der Waals surface area contributed by atoms with Crippen molar-refractivity contribution in [2.24, 2.45) is 5.92 Å². The van der Waals surface area contributed by atoms with Crippen molar-refractivity contribution in [2.75, 3.05) is 7.05 Å². The Labute approximate surface area is 121 Å². The molecule has 106 valence electrons. The van der Waals surface area contributed by atoms with Crippen LogP contribution in [0.1, 0.15) is 25.8 Å². The summed E-state index contributed by atoms with van der Waals surface area (Å²) < 4.78 is 14.4. The number of carbonyl (C=O) groups excluding carboxylic acids is 1. The molecule has 1 aromatic rings. The van der Waals surface area contributed by atoms with Crippen LogP contribution in [0.4, 0.5) is 4.39 Å². The largest absolute Gasteiger partial charge is 0.383 e. The Morgan fingerprint density at radius 1 is 1.53 bits per heavy atom. The minimum absolute atomic E-state index is 0.109. The third-order valence-electron chi connectivity index (χ3n) is 3.23. The molecule has 0 aliphatic heterocycles. The normalized spacial score (nSPS) is 14.0.